The lowest BCUT2D eigenvalue weighted by Crippen LogP contribution is -2.29. The highest BCUT2D eigenvalue weighted by Crippen LogP contribution is 2.23. The molecule has 0 amide bonds. The van der Waals surface area contributed by atoms with Crippen LogP contribution in [0.2, 0.25) is 0 Å². The summed E-state index contributed by atoms with van der Waals surface area (Å²) < 4.78 is 35.2. The average Bonchev–Trinajstić information content (AvgIpc) is 1.97. The number of aliphatic hydroxyl groups is 1. The lowest BCUT2D eigenvalue weighted by molar-refractivity contribution is -0.205. The van der Waals surface area contributed by atoms with E-state index in [4.69, 9.17) is 5.11 Å². The number of alkyl halides is 3. The first kappa shape index (κ1) is 12.4. The van der Waals surface area contributed by atoms with Gasteiger partial charge in [-0.15, -0.1) is 0 Å². The lowest BCUT2D eigenvalue weighted by atomic mass is 10.0. The first-order valence-corrected chi connectivity index (χ1v) is 4.02. The number of ketones is 1. The van der Waals surface area contributed by atoms with Crippen LogP contribution in [0.25, 0.3) is 0 Å². The predicted molar refractivity (Wildman–Crippen MR) is 41.1 cm³/mol. The molecule has 0 aliphatic heterocycles. The first-order chi connectivity index (χ1) is 5.75. The topological polar surface area (TPSA) is 37.3 Å². The molecular formula is C8H13F3O2. The summed E-state index contributed by atoms with van der Waals surface area (Å²) in [6, 6.07) is 0. The van der Waals surface area contributed by atoms with Crippen molar-refractivity contribution in [2.45, 2.75) is 39.0 Å². The Morgan fingerprint density at radius 2 is 1.85 bits per heavy atom. The predicted octanol–water partition coefficient (Wildman–Crippen LogP) is 1.91. The van der Waals surface area contributed by atoms with Crippen LogP contribution < -0.4 is 0 Å². The highest BCUT2D eigenvalue weighted by atomic mass is 19.4. The minimum absolute atomic E-state index is 0.224. The minimum atomic E-state index is -4.61. The van der Waals surface area contributed by atoms with Gasteiger partial charge in [-0.3, -0.25) is 4.79 Å². The van der Waals surface area contributed by atoms with Crippen LogP contribution in [0.15, 0.2) is 0 Å². The van der Waals surface area contributed by atoms with E-state index < -0.39 is 18.7 Å². The van der Waals surface area contributed by atoms with E-state index in [9.17, 15) is 18.0 Å². The fourth-order valence-corrected chi connectivity index (χ4v) is 0.731. The quantitative estimate of drug-likeness (QED) is 0.749. The van der Waals surface area contributed by atoms with E-state index in [0.717, 1.165) is 0 Å². The molecule has 13 heavy (non-hydrogen) atoms. The number of halogens is 3. The molecule has 0 aromatic carbocycles. The number of carbonyl (C=O) groups excluding carboxylic acids is 1. The average molecular weight is 198 g/mol. The van der Waals surface area contributed by atoms with Crippen LogP contribution in [0.1, 0.15) is 26.7 Å². The number of rotatable bonds is 4. The van der Waals surface area contributed by atoms with Crippen LogP contribution in [-0.4, -0.2) is 23.2 Å². The molecule has 0 radical (unpaired) electrons. The molecule has 0 aliphatic rings. The highest BCUT2D eigenvalue weighted by molar-refractivity contribution is 5.80. The Hall–Kier alpha value is -0.580. The molecule has 0 aromatic heterocycles. The highest BCUT2D eigenvalue weighted by Gasteiger charge is 2.37. The molecular weight excluding hydrogens is 185 g/mol. The molecule has 0 spiro atoms. The fourth-order valence-electron chi connectivity index (χ4n) is 0.731. The van der Waals surface area contributed by atoms with Crippen molar-refractivity contribution in [2.24, 2.45) is 5.92 Å². The van der Waals surface area contributed by atoms with Gasteiger partial charge in [0.15, 0.2) is 0 Å². The Morgan fingerprint density at radius 3 is 2.15 bits per heavy atom. The molecule has 0 saturated carbocycles. The van der Waals surface area contributed by atoms with Crippen molar-refractivity contribution in [2.75, 3.05) is 0 Å². The third-order valence-corrected chi connectivity index (χ3v) is 1.69. The number of carbonyl (C=O) groups is 1. The SMILES string of the molecule is CC(C)C(=O)CC[C@H](O)C(F)(F)F. The molecule has 5 heteroatoms. The van der Waals surface area contributed by atoms with Gasteiger partial charge in [0.2, 0.25) is 0 Å². The van der Waals surface area contributed by atoms with Gasteiger partial charge in [0.05, 0.1) is 0 Å². The van der Waals surface area contributed by atoms with Gasteiger partial charge in [0, 0.05) is 12.3 Å². The summed E-state index contributed by atoms with van der Waals surface area (Å²) in [6.07, 6.45) is -7.76. The molecule has 0 aliphatic carbocycles. The van der Waals surface area contributed by atoms with Crippen molar-refractivity contribution in [1.82, 2.24) is 0 Å². The van der Waals surface area contributed by atoms with Crippen LogP contribution in [0.4, 0.5) is 13.2 Å². The van der Waals surface area contributed by atoms with Gasteiger partial charge in [0.25, 0.3) is 0 Å². The Bertz CT molecular complexity index is 175. The van der Waals surface area contributed by atoms with Crippen LogP contribution in [-0.2, 0) is 4.79 Å². The zero-order chi connectivity index (χ0) is 10.6. The van der Waals surface area contributed by atoms with Gasteiger partial charge in [0.1, 0.15) is 11.9 Å². The zero-order valence-corrected chi connectivity index (χ0v) is 7.56. The molecule has 0 saturated heterocycles. The van der Waals surface area contributed by atoms with Crippen molar-refractivity contribution < 1.29 is 23.1 Å². The van der Waals surface area contributed by atoms with Gasteiger partial charge in [-0.2, -0.15) is 13.2 Å². The number of Topliss-reactive ketones (excluding diaryl/α,β-unsaturated/α-hetero) is 1. The Labute approximate surface area is 74.7 Å². The largest absolute Gasteiger partial charge is 0.414 e. The van der Waals surface area contributed by atoms with E-state index in [1.165, 1.54) is 0 Å². The molecule has 1 atom stereocenters. The Morgan fingerprint density at radius 1 is 1.38 bits per heavy atom. The van der Waals surface area contributed by atoms with E-state index in [1.54, 1.807) is 13.8 Å². The van der Waals surface area contributed by atoms with Crippen LogP contribution in [0.5, 0.6) is 0 Å². The van der Waals surface area contributed by atoms with E-state index in [1.807, 2.05) is 0 Å². The smallest absolute Gasteiger partial charge is 0.384 e. The maximum absolute atomic E-state index is 11.7. The molecule has 0 bridgehead atoms. The summed E-state index contributed by atoms with van der Waals surface area (Å²) in [6.45, 7) is 3.23. The van der Waals surface area contributed by atoms with Crippen molar-refractivity contribution in [3.63, 3.8) is 0 Å². The number of hydrogen-bond acceptors (Lipinski definition) is 2. The van der Waals surface area contributed by atoms with Crippen molar-refractivity contribution in [3.8, 4) is 0 Å². The molecule has 2 nitrogen and oxygen atoms in total. The van der Waals surface area contributed by atoms with Gasteiger partial charge in [-0.1, -0.05) is 13.8 Å². The third-order valence-electron chi connectivity index (χ3n) is 1.69. The van der Waals surface area contributed by atoms with Gasteiger partial charge in [-0.25, -0.2) is 0 Å². The Balaban J connectivity index is 3.84. The summed E-state index contributed by atoms with van der Waals surface area (Å²) in [5, 5.41) is 8.54. The molecule has 0 unspecified atom stereocenters. The maximum atomic E-state index is 11.7. The molecule has 0 fully saturated rings. The number of aliphatic hydroxyl groups excluding tert-OH is 1. The van der Waals surface area contributed by atoms with Gasteiger partial charge in [-0.05, 0) is 6.42 Å². The zero-order valence-electron chi connectivity index (χ0n) is 7.56. The van der Waals surface area contributed by atoms with Crippen molar-refractivity contribution in [3.05, 3.63) is 0 Å². The molecule has 1 N–H and O–H groups in total. The first-order valence-electron chi connectivity index (χ1n) is 4.02. The fraction of sp³-hybridized carbons (Fsp3) is 0.875. The van der Waals surface area contributed by atoms with Gasteiger partial charge < -0.3 is 5.11 Å². The van der Waals surface area contributed by atoms with Crippen molar-refractivity contribution >= 4 is 5.78 Å². The standard InChI is InChI=1S/C8H13F3O2/c1-5(2)6(12)3-4-7(13)8(9,10)11/h5,7,13H,3-4H2,1-2H3/t7-/m0/s1. The molecule has 0 aromatic rings. The Kier molecular flexibility index (Phi) is 4.39. The van der Waals surface area contributed by atoms with Crippen LogP contribution >= 0.6 is 0 Å². The molecule has 0 heterocycles. The maximum Gasteiger partial charge on any atom is 0.414 e. The van der Waals surface area contributed by atoms with E-state index in [-0.39, 0.29) is 18.1 Å². The number of hydrogen-bond donors (Lipinski definition) is 1. The molecule has 0 rings (SSSR count). The summed E-state index contributed by atoms with van der Waals surface area (Å²) in [7, 11) is 0. The summed E-state index contributed by atoms with van der Waals surface area (Å²) in [5.74, 6) is -0.538. The molecule has 78 valence electrons. The second-order valence-electron chi connectivity index (χ2n) is 3.22. The van der Waals surface area contributed by atoms with Crippen LogP contribution in [0.3, 0.4) is 0 Å². The summed E-state index contributed by atoms with van der Waals surface area (Å²) in [4.78, 5) is 10.9. The second kappa shape index (κ2) is 4.60. The third kappa shape index (κ3) is 4.87. The van der Waals surface area contributed by atoms with Gasteiger partial charge >= 0.3 is 6.18 Å². The summed E-state index contributed by atoms with van der Waals surface area (Å²) in [5.41, 5.74) is 0. The minimum Gasteiger partial charge on any atom is -0.384 e. The monoisotopic (exact) mass is 198 g/mol. The van der Waals surface area contributed by atoms with Crippen molar-refractivity contribution in [1.29, 1.82) is 0 Å². The second-order valence-corrected chi connectivity index (χ2v) is 3.22. The van der Waals surface area contributed by atoms with Crippen LogP contribution in [0, 0.1) is 5.92 Å². The van der Waals surface area contributed by atoms with E-state index in [2.05, 4.69) is 0 Å². The van der Waals surface area contributed by atoms with E-state index in [0.29, 0.717) is 0 Å². The van der Waals surface area contributed by atoms with E-state index >= 15 is 0 Å². The normalized spacial score (nSPS) is 14.7. The lowest BCUT2D eigenvalue weighted by Gasteiger charge is -2.14. The summed E-state index contributed by atoms with van der Waals surface area (Å²) >= 11 is 0.